The summed E-state index contributed by atoms with van der Waals surface area (Å²) in [5, 5.41) is 0. The second kappa shape index (κ2) is 5.96. The number of hydrogen-bond donors (Lipinski definition) is 1. The van der Waals surface area contributed by atoms with E-state index >= 15 is 0 Å². The highest BCUT2D eigenvalue weighted by Crippen LogP contribution is 2.29. The van der Waals surface area contributed by atoms with Crippen LogP contribution in [0.4, 0.5) is 13.2 Å². The molecule has 2 aromatic carbocycles. The molecule has 1 unspecified atom stereocenters. The molecule has 2 nitrogen and oxygen atoms in total. The molecular formula is C15H14F3NO. The molecule has 0 amide bonds. The third kappa shape index (κ3) is 3.51. The molecule has 0 aliphatic carbocycles. The first-order valence-electron chi connectivity index (χ1n) is 6.12. The summed E-state index contributed by atoms with van der Waals surface area (Å²) in [6.45, 7) is 1.75. The Bertz CT molecular complexity index is 574. The standard InChI is InChI=1S/C15H14F3NO/c1-9(19)6-10-7-13(17)15(14(18)8-10)20-12-4-2-11(16)3-5-12/h2-5,7-9H,6,19H2,1H3. The zero-order valence-electron chi connectivity index (χ0n) is 10.9. The van der Waals surface area contributed by atoms with Crippen LogP contribution in [0.5, 0.6) is 11.5 Å². The van der Waals surface area contributed by atoms with Crippen LogP contribution in [0.15, 0.2) is 36.4 Å². The van der Waals surface area contributed by atoms with E-state index in [0.29, 0.717) is 12.0 Å². The summed E-state index contributed by atoms with van der Waals surface area (Å²) in [6, 6.07) is 7.06. The lowest BCUT2D eigenvalue weighted by atomic mass is 10.1. The maximum absolute atomic E-state index is 13.8. The van der Waals surface area contributed by atoms with Crippen LogP contribution in [0.1, 0.15) is 12.5 Å². The molecule has 106 valence electrons. The molecule has 0 aliphatic rings. The van der Waals surface area contributed by atoms with Gasteiger partial charge < -0.3 is 10.5 Å². The highest BCUT2D eigenvalue weighted by molar-refractivity contribution is 5.36. The number of hydrogen-bond acceptors (Lipinski definition) is 2. The molecule has 0 heterocycles. The molecule has 2 N–H and O–H groups in total. The minimum atomic E-state index is -0.815. The predicted octanol–water partition coefficient (Wildman–Crippen LogP) is 3.79. The maximum atomic E-state index is 13.8. The molecule has 0 aromatic heterocycles. The lowest BCUT2D eigenvalue weighted by molar-refractivity contribution is 0.405. The summed E-state index contributed by atoms with van der Waals surface area (Å²) in [5.41, 5.74) is 6.05. The van der Waals surface area contributed by atoms with Gasteiger partial charge in [-0.3, -0.25) is 0 Å². The van der Waals surface area contributed by atoms with Crippen LogP contribution >= 0.6 is 0 Å². The first kappa shape index (κ1) is 14.4. The minimum absolute atomic E-state index is 0.157. The van der Waals surface area contributed by atoms with Gasteiger partial charge in [-0.15, -0.1) is 0 Å². The van der Waals surface area contributed by atoms with Gasteiger partial charge in [0.1, 0.15) is 11.6 Å². The summed E-state index contributed by atoms with van der Waals surface area (Å²) >= 11 is 0. The fraction of sp³-hybridized carbons (Fsp3) is 0.200. The molecule has 0 saturated carbocycles. The quantitative estimate of drug-likeness (QED) is 0.925. The Morgan fingerprint density at radius 3 is 2.10 bits per heavy atom. The van der Waals surface area contributed by atoms with Gasteiger partial charge in [0.2, 0.25) is 0 Å². The van der Waals surface area contributed by atoms with E-state index in [1.807, 2.05) is 0 Å². The molecule has 0 radical (unpaired) electrons. The van der Waals surface area contributed by atoms with E-state index in [2.05, 4.69) is 0 Å². The summed E-state index contributed by atoms with van der Waals surface area (Å²) in [7, 11) is 0. The summed E-state index contributed by atoms with van der Waals surface area (Å²) in [6.07, 6.45) is 0.366. The molecular weight excluding hydrogens is 267 g/mol. The van der Waals surface area contributed by atoms with E-state index < -0.39 is 23.2 Å². The molecule has 0 fully saturated rings. The summed E-state index contributed by atoms with van der Waals surface area (Å²) < 4.78 is 45.5. The Hall–Kier alpha value is -2.01. The Labute approximate surface area is 115 Å². The van der Waals surface area contributed by atoms with Gasteiger partial charge in [0.15, 0.2) is 17.4 Å². The molecule has 0 aliphatic heterocycles. The van der Waals surface area contributed by atoms with Gasteiger partial charge in [-0.1, -0.05) is 0 Å². The minimum Gasteiger partial charge on any atom is -0.451 e. The fourth-order valence-corrected chi connectivity index (χ4v) is 1.82. The summed E-state index contributed by atoms with van der Waals surface area (Å²) in [5.74, 6) is -2.44. The van der Waals surface area contributed by atoms with Crippen molar-refractivity contribution in [2.24, 2.45) is 5.73 Å². The molecule has 20 heavy (non-hydrogen) atoms. The smallest absolute Gasteiger partial charge is 0.198 e. The van der Waals surface area contributed by atoms with E-state index in [4.69, 9.17) is 10.5 Å². The van der Waals surface area contributed by atoms with Gasteiger partial charge in [0, 0.05) is 6.04 Å². The molecule has 0 spiro atoms. The Morgan fingerprint density at radius 1 is 1.05 bits per heavy atom. The van der Waals surface area contributed by atoms with Crippen molar-refractivity contribution in [3.05, 3.63) is 59.4 Å². The molecule has 2 aromatic rings. The monoisotopic (exact) mass is 281 g/mol. The number of ether oxygens (including phenoxy) is 1. The predicted molar refractivity (Wildman–Crippen MR) is 70.2 cm³/mol. The van der Waals surface area contributed by atoms with Crippen LogP contribution in [-0.4, -0.2) is 6.04 Å². The van der Waals surface area contributed by atoms with Crippen molar-refractivity contribution in [3.63, 3.8) is 0 Å². The highest BCUT2D eigenvalue weighted by atomic mass is 19.1. The van der Waals surface area contributed by atoms with Crippen molar-refractivity contribution < 1.29 is 17.9 Å². The third-order valence-electron chi connectivity index (χ3n) is 2.65. The molecule has 5 heteroatoms. The summed E-state index contributed by atoms with van der Waals surface area (Å²) in [4.78, 5) is 0. The van der Waals surface area contributed by atoms with E-state index in [1.54, 1.807) is 6.92 Å². The van der Waals surface area contributed by atoms with Gasteiger partial charge in [-0.2, -0.15) is 0 Å². The molecule has 0 saturated heterocycles. The van der Waals surface area contributed by atoms with Gasteiger partial charge >= 0.3 is 0 Å². The number of nitrogens with two attached hydrogens (primary N) is 1. The third-order valence-corrected chi connectivity index (χ3v) is 2.65. The van der Waals surface area contributed by atoms with E-state index in [9.17, 15) is 13.2 Å². The van der Waals surface area contributed by atoms with Crippen molar-refractivity contribution in [2.75, 3.05) is 0 Å². The molecule has 1 atom stereocenters. The van der Waals surface area contributed by atoms with Crippen molar-refractivity contribution in [2.45, 2.75) is 19.4 Å². The Morgan fingerprint density at radius 2 is 1.60 bits per heavy atom. The van der Waals surface area contributed by atoms with Crippen molar-refractivity contribution >= 4 is 0 Å². The largest absolute Gasteiger partial charge is 0.451 e. The number of halogens is 3. The number of rotatable bonds is 4. The fourth-order valence-electron chi connectivity index (χ4n) is 1.82. The zero-order valence-corrected chi connectivity index (χ0v) is 10.9. The maximum Gasteiger partial charge on any atom is 0.198 e. The highest BCUT2D eigenvalue weighted by Gasteiger charge is 2.14. The first-order valence-corrected chi connectivity index (χ1v) is 6.12. The van der Waals surface area contributed by atoms with Gasteiger partial charge in [-0.05, 0) is 55.3 Å². The van der Waals surface area contributed by atoms with Crippen LogP contribution in [0.3, 0.4) is 0 Å². The van der Waals surface area contributed by atoms with Gasteiger partial charge in [0.25, 0.3) is 0 Å². The average molecular weight is 281 g/mol. The van der Waals surface area contributed by atoms with E-state index in [1.165, 1.54) is 24.3 Å². The van der Waals surface area contributed by atoms with Gasteiger partial charge in [-0.25, -0.2) is 13.2 Å². The second-order valence-corrected chi connectivity index (χ2v) is 4.63. The lowest BCUT2D eigenvalue weighted by Gasteiger charge is -2.11. The van der Waals surface area contributed by atoms with Crippen LogP contribution in [-0.2, 0) is 6.42 Å². The topological polar surface area (TPSA) is 35.2 Å². The van der Waals surface area contributed by atoms with E-state index in [-0.39, 0.29) is 11.8 Å². The lowest BCUT2D eigenvalue weighted by Crippen LogP contribution is -2.18. The zero-order chi connectivity index (χ0) is 14.7. The average Bonchev–Trinajstić information content (AvgIpc) is 2.35. The van der Waals surface area contributed by atoms with Crippen molar-refractivity contribution in [3.8, 4) is 11.5 Å². The number of benzene rings is 2. The van der Waals surface area contributed by atoms with E-state index in [0.717, 1.165) is 12.1 Å². The SMILES string of the molecule is CC(N)Cc1cc(F)c(Oc2ccc(F)cc2)c(F)c1. The van der Waals surface area contributed by atoms with Crippen molar-refractivity contribution in [1.29, 1.82) is 0 Å². The normalized spacial score (nSPS) is 12.2. The van der Waals surface area contributed by atoms with Crippen LogP contribution in [0.25, 0.3) is 0 Å². The second-order valence-electron chi connectivity index (χ2n) is 4.63. The molecule has 0 bridgehead atoms. The first-order chi connectivity index (χ1) is 9.45. The Kier molecular flexibility index (Phi) is 4.29. The Balaban J connectivity index is 2.26. The van der Waals surface area contributed by atoms with Crippen LogP contribution < -0.4 is 10.5 Å². The van der Waals surface area contributed by atoms with Crippen LogP contribution in [0, 0.1) is 17.5 Å². The molecule has 2 rings (SSSR count). The van der Waals surface area contributed by atoms with Gasteiger partial charge in [0.05, 0.1) is 0 Å². The van der Waals surface area contributed by atoms with Crippen molar-refractivity contribution in [1.82, 2.24) is 0 Å². The van der Waals surface area contributed by atoms with Crippen LogP contribution in [0.2, 0.25) is 0 Å².